The molecule has 0 aromatic carbocycles. The summed E-state index contributed by atoms with van der Waals surface area (Å²) in [6.45, 7) is 0.128. The van der Waals surface area contributed by atoms with Gasteiger partial charge in [-0.15, -0.1) is 4.28 Å². The van der Waals surface area contributed by atoms with Crippen LogP contribution < -0.4 is 10.9 Å². The van der Waals surface area contributed by atoms with E-state index in [-0.39, 0.29) is 18.4 Å². The van der Waals surface area contributed by atoms with Crippen LogP contribution in [0.2, 0.25) is 0 Å². The molecule has 2 saturated carbocycles. The summed E-state index contributed by atoms with van der Waals surface area (Å²) in [7, 11) is -4.85. The van der Waals surface area contributed by atoms with Gasteiger partial charge in [-0.25, -0.2) is 4.79 Å². The average molecular weight is 388 g/mol. The molecule has 4 amide bonds. The van der Waals surface area contributed by atoms with Gasteiger partial charge in [-0.1, -0.05) is 6.42 Å². The molecular formula is C14H20N4O7S. The zero-order chi connectivity index (χ0) is 18.7. The van der Waals surface area contributed by atoms with Gasteiger partial charge >= 0.3 is 16.4 Å². The minimum atomic E-state index is -4.85. The Labute approximate surface area is 149 Å². The second kappa shape index (κ2) is 5.79. The van der Waals surface area contributed by atoms with Crippen LogP contribution in [0.4, 0.5) is 4.79 Å². The summed E-state index contributed by atoms with van der Waals surface area (Å²) in [4.78, 5) is 38.1. The highest BCUT2D eigenvalue weighted by atomic mass is 32.3. The zero-order valence-corrected chi connectivity index (χ0v) is 14.7. The van der Waals surface area contributed by atoms with Crippen LogP contribution in [-0.2, 0) is 24.3 Å². The van der Waals surface area contributed by atoms with Crippen molar-refractivity contribution in [2.75, 3.05) is 6.54 Å². The molecule has 2 unspecified atom stereocenters. The molecule has 144 valence electrons. The molecular weight excluding hydrogens is 368 g/mol. The first kappa shape index (κ1) is 17.5. The van der Waals surface area contributed by atoms with Gasteiger partial charge in [0.2, 0.25) is 5.91 Å². The smallest absolute Gasteiger partial charge is 0.309 e. The second-order valence-corrected chi connectivity index (χ2v) is 8.47. The third-order valence-corrected chi connectivity index (χ3v) is 6.27. The average Bonchev–Trinajstić information content (AvgIpc) is 3.21. The zero-order valence-electron chi connectivity index (χ0n) is 13.9. The Hall–Kier alpha value is -1.92. The molecule has 12 heteroatoms. The van der Waals surface area contributed by atoms with Crippen molar-refractivity contribution in [3.8, 4) is 0 Å². The van der Waals surface area contributed by atoms with Gasteiger partial charge in [-0.2, -0.15) is 13.5 Å². The summed E-state index contributed by atoms with van der Waals surface area (Å²) < 4.78 is 35.4. The fourth-order valence-corrected chi connectivity index (χ4v) is 4.40. The van der Waals surface area contributed by atoms with Crippen LogP contribution >= 0.6 is 0 Å². The number of piperidine rings is 1. The Morgan fingerprint density at radius 1 is 1.19 bits per heavy atom. The lowest BCUT2D eigenvalue weighted by atomic mass is 9.84. The Morgan fingerprint density at radius 3 is 2.38 bits per heavy atom. The highest BCUT2D eigenvalue weighted by Gasteiger charge is 2.65. The van der Waals surface area contributed by atoms with E-state index in [9.17, 15) is 22.8 Å². The number of hydroxylamine groups is 2. The van der Waals surface area contributed by atoms with Crippen LogP contribution in [0, 0.1) is 11.3 Å². The van der Waals surface area contributed by atoms with E-state index in [2.05, 4.69) is 15.1 Å². The summed E-state index contributed by atoms with van der Waals surface area (Å²) in [6, 6.07) is -2.16. The molecule has 0 aromatic rings. The van der Waals surface area contributed by atoms with E-state index in [1.165, 1.54) is 4.90 Å². The molecule has 2 atom stereocenters. The van der Waals surface area contributed by atoms with Crippen molar-refractivity contribution in [3.63, 3.8) is 0 Å². The number of hydrogen-bond donors (Lipinski definition) is 3. The van der Waals surface area contributed by atoms with Crippen molar-refractivity contribution in [2.45, 2.75) is 50.6 Å². The van der Waals surface area contributed by atoms with E-state index in [1.54, 1.807) is 0 Å². The first-order valence-electron chi connectivity index (χ1n) is 8.57. The van der Waals surface area contributed by atoms with Gasteiger partial charge in [0.25, 0.3) is 5.91 Å². The molecule has 11 nitrogen and oxygen atoms in total. The van der Waals surface area contributed by atoms with Crippen LogP contribution in [0.3, 0.4) is 0 Å². The van der Waals surface area contributed by atoms with Crippen molar-refractivity contribution in [3.05, 3.63) is 0 Å². The molecule has 4 aliphatic rings. The number of amides is 4. The van der Waals surface area contributed by atoms with Gasteiger partial charge in [0.05, 0.1) is 6.04 Å². The normalized spacial score (nSPS) is 29.5. The van der Waals surface area contributed by atoms with E-state index >= 15 is 0 Å². The molecule has 2 heterocycles. The van der Waals surface area contributed by atoms with Crippen LogP contribution in [0.15, 0.2) is 0 Å². The summed E-state index contributed by atoms with van der Waals surface area (Å²) in [6.07, 6.45) is 4.37. The van der Waals surface area contributed by atoms with Gasteiger partial charge in [0.15, 0.2) is 0 Å². The van der Waals surface area contributed by atoms with Gasteiger partial charge in [0, 0.05) is 12.5 Å². The van der Waals surface area contributed by atoms with Crippen molar-refractivity contribution < 1.29 is 31.6 Å². The van der Waals surface area contributed by atoms with Gasteiger partial charge in [-0.05, 0) is 37.5 Å². The summed E-state index contributed by atoms with van der Waals surface area (Å²) >= 11 is 0. The lowest BCUT2D eigenvalue weighted by Crippen LogP contribution is -2.56. The number of hydrogen-bond acceptors (Lipinski definition) is 6. The van der Waals surface area contributed by atoms with E-state index in [0.717, 1.165) is 32.1 Å². The molecule has 0 aromatic heterocycles. The number of hydrazine groups is 1. The van der Waals surface area contributed by atoms with E-state index in [0.29, 0.717) is 11.5 Å². The van der Waals surface area contributed by atoms with Crippen molar-refractivity contribution in [1.82, 2.24) is 20.8 Å². The van der Waals surface area contributed by atoms with E-state index in [1.807, 2.05) is 0 Å². The molecule has 2 bridgehead atoms. The van der Waals surface area contributed by atoms with Gasteiger partial charge < -0.3 is 4.90 Å². The van der Waals surface area contributed by atoms with Crippen molar-refractivity contribution >= 4 is 28.2 Å². The predicted octanol–water partition coefficient (Wildman–Crippen LogP) is -0.673. The number of fused-ring (bicyclic) bond motifs is 3. The maximum absolute atomic E-state index is 12.5. The molecule has 2 saturated heterocycles. The fourth-order valence-electron chi connectivity index (χ4n) is 4.03. The highest BCUT2D eigenvalue weighted by Crippen LogP contribution is 2.59. The van der Waals surface area contributed by atoms with E-state index < -0.39 is 39.8 Å². The van der Waals surface area contributed by atoms with Crippen LogP contribution in [-0.4, -0.2) is 59.4 Å². The van der Waals surface area contributed by atoms with Crippen molar-refractivity contribution in [2.24, 2.45) is 11.3 Å². The molecule has 0 radical (unpaired) electrons. The second-order valence-electron chi connectivity index (χ2n) is 7.47. The quantitative estimate of drug-likeness (QED) is 0.427. The van der Waals surface area contributed by atoms with Gasteiger partial charge in [-0.3, -0.25) is 25.0 Å². The van der Waals surface area contributed by atoms with Crippen molar-refractivity contribution in [1.29, 1.82) is 0 Å². The van der Waals surface area contributed by atoms with Gasteiger partial charge in [0.1, 0.15) is 6.04 Å². The lowest BCUT2D eigenvalue weighted by Gasteiger charge is -2.35. The first-order valence-corrected chi connectivity index (χ1v) is 9.93. The summed E-state index contributed by atoms with van der Waals surface area (Å²) in [5, 5.41) is 0.655. The monoisotopic (exact) mass is 388 g/mol. The minimum Gasteiger partial charge on any atom is -0.309 e. The molecule has 3 N–H and O–H groups in total. The first-order chi connectivity index (χ1) is 12.2. The number of carbonyl (C=O) groups is 3. The molecule has 4 rings (SSSR count). The molecule has 4 fully saturated rings. The molecule has 2 aliphatic carbocycles. The van der Waals surface area contributed by atoms with Crippen LogP contribution in [0.25, 0.3) is 0 Å². The molecule has 26 heavy (non-hydrogen) atoms. The summed E-state index contributed by atoms with van der Waals surface area (Å²) in [5.41, 5.74) is 4.36. The largest absolute Gasteiger partial charge is 0.418 e. The SMILES string of the molecule is O=C(NNC(=O)C1CC2(CC2)C2CN1C(=O)N2OS(=O)(=O)O)C1CCC1. The fraction of sp³-hybridized carbons (Fsp3) is 0.786. The van der Waals surface area contributed by atoms with E-state index in [4.69, 9.17) is 4.55 Å². The number of nitrogens with one attached hydrogen (secondary N) is 2. The third kappa shape index (κ3) is 2.91. The maximum Gasteiger partial charge on any atom is 0.418 e. The third-order valence-electron chi connectivity index (χ3n) is 5.92. The Kier molecular flexibility index (Phi) is 3.90. The number of urea groups is 1. The predicted molar refractivity (Wildman–Crippen MR) is 84.1 cm³/mol. The van der Waals surface area contributed by atoms with Crippen LogP contribution in [0.5, 0.6) is 0 Å². The molecule has 1 spiro atoms. The summed E-state index contributed by atoms with van der Waals surface area (Å²) in [5.74, 6) is -0.860. The maximum atomic E-state index is 12.5. The number of nitrogens with zero attached hydrogens (tertiary/aromatic N) is 2. The Morgan fingerprint density at radius 2 is 1.85 bits per heavy atom. The van der Waals surface area contributed by atoms with Crippen LogP contribution in [0.1, 0.15) is 38.5 Å². The lowest BCUT2D eigenvalue weighted by molar-refractivity contribution is -0.135. The topological polar surface area (TPSA) is 145 Å². The minimum absolute atomic E-state index is 0.0899. The Balaban J connectivity index is 1.46. The Bertz CT molecular complexity index is 761. The highest BCUT2D eigenvalue weighted by molar-refractivity contribution is 7.80. The number of carbonyl (C=O) groups excluding carboxylic acids is 3. The number of rotatable bonds is 4. The standard InChI is InChI=1S/C14H20N4O7S/c19-11(8-2-1-3-8)15-16-12(20)9-6-14(4-5-14)10-7-17(9)13(21)18(10)25-26(22,23)24/h8-10H,1-7H2,(H,15,19)(H,16,20)(H,22,23,24). The molecule has 2 aliphatic heterocycles.